The SMILES string of the molecule is CCCNC1COCCc2c(Cl)ccc(Cl)c21. The quantitative estimate of drug-likeness (QED) is 0.909. The van der Waals surface area contributed by atoms with Crippen molar-refractivity contribution in [2.45, 2.75) is 25.8 Å². The van der Waals surface area contributed by atoms with Gasteiger partial charge in [-0.25, -0.2) is 0 Å². The lowest BCUT2D eigenvalue weighted by molar-refractivity contribution is 0.121. The second kappa shape index (κ2) is 6.05. The van der Waals surface area contributed by atoms with E-state index in [2.05, 4.69) is 12.2 Å². The van der Waals surface area contributed by atoms with Crippen molar-refractivity contribution in [2.75, 3.05) is 19.8 Å². The minimum atomic E-state index is 0.152. The fourth-order valence-corrected chi connectivity index (χ4v) is 2.75. The number of rotatable bonds is 3. The summed E-state index contributed by atoms with van der Waals surface area (Å²) < 4.78 is 5.62. The Morgan fingerprint density at radius 3 is 2.88 bits per heavy atom. The summed E-state index contributed by atoms with van der Waals surface area (Å²) in [6.07, 6.45) is 1.92. The van der Waals surface area contributed by atoms with E-state index in [0.717, 1.165) is 40.6 Å². The maximum atomic E-state index is 6.31. The molecular formula is C13H17Cl2NO. The molecule has 1 N–H and O–H groups in total. The average molecular weight is 274 g/mol. The van der Waals surface area contributed by atoms with Crippen molar-refractivity contribution in [3.8, 4) is 0 Å². The van der Waals surface area contributed by atoms with Crippen LogP contribution in [0.5, 0.6) is 0 Å². The van der Waals surface area contributed by atoms with Crippen LogP contribution in [0.3, 0.4) is 0 Å². The second-order valence-corrected chi connectivity index (χ2v) is 5.07. The topological polar surface area (TPSA) is 21.3 Å². The van der Waals surface area contributed by atoms with E-state index in [1.54, 1.807) is 0 Å². The van der Waals surface area contributed by atoms with Gasteiger partial charge >= 0.3 is 0 Å². The van der Waals surface area contributed by atoms with Crippen molar-refractivity contribution in [3.05, 3.63) is 33.3 Å². The van der Waals surface area contributed by atoms with Gasteiger partial charge in [0.25, 0.3) is 0 Å². The van der Waals surface area contributed by atoms with E-state index in [-0.39, 0.29) is 6.04 Å². The molecule has 0 aromatic heterocycles. The number of halogens is 2. The zero-order chi connectivity index (χ0) is 12.3. The Balaban J connectivity index is 2.36. The van der Waals surface area contributed by atoms with Crippen LogP contribution in [0.4, 0.5) is 0 Å². The molecule has 1 aromatic rings. The van der Waals surface area contributed by atoms with Crippen LogP contribution in [0.25, 0.3) is 0 Å². The van der Waals surface area contributed by atoms with Crippen LogP contribution < -0.4 is 5.32 Å². The molecule has 1 unspecified atom stereocenters. The molecule has 17 heavy (non-hydrogen) atoms. The van der Waals surface area contributed by atoms with Gasteiger partial charge in [-0.2, -0.15) is 0 Å². The minimum Gasteiger partial charge on any atom is -0.379 e. The highest BCUT2D eigenvalue weighted by Gasteiger charge is 2.23. The fraction of sp³-hybridized carbons (Fsp3) is 0.538. The van der Waals surface area contributed by atoms with E-state index in [0.29, 0.717) is 13.2 Å². The number of nitrogens with one attached hydrogen (secondary N) is 1. The first-order valence-corrected chi connectivity index (χ1v) is 6.77. The third kappa shape index (κ3) is 2.94. The molecule has 0 saturated heterocycles. The van der Waals surface area contributed by atoms with Crippen LogP contribution >= 0.6 is 23.2 Å². The smallest absolute Gasteiger partial charge is 0.0662 e. The van der Waals surface area contributed by atoms with Gasteiger partial charge < -0.3 is 10.1 Å². The Labute approximate surface area is 112 Å². The van der Waals surface area contributed by atoms with Crippen LogP contribution in [0.2, 0.25) is 10.0 Å². The van der Waals surface area contributed by atoms with Gasteiger partial charge in [0.15, 0.2) is 0 Å². The monoisotopic (exact) mass is 273 g/mol. The Bertz CT molecular complexity index is 395. The minimum absolute atomic E-state index is 0.152. The Morgan fingerprint density at radius 2 is 2.12 bits per heavy atom. The number of hydrogen-bond donors (Lipinski definition) is 1. The first-order valence-electron chi connectivity index (χ1n) is 6.02. The molecular weight excluding hydrogens is 257 g/mol. The lowest BCUT2D eigenvalue weighted by Gasteiger charge is -2.20. The first-order chi connectivity index (χ1) is 8.24. The van der Waals surface area contributed by atoms with Gasteiger partial charge in [-0.1, -0.05) is 30.1 Å². The average Bonchev–Trinajstić information content (AvgIpc) is 2.54. The van der Waals surface area contributed by atoms with Crippen molar-refractivity contribution in [2.24, 2.45) is 0 Å². The summed E-state index contributed by atoms with van der Waals surface area (Å²) in [6, 6.07) is 3.89. The number of fused-ring (bicyclic) bond motifs is 1. The molecule has 1 aliphatic heterocycles. The number of benzene rings is 1. The Hall–Kier alpha value is -0.280. The molecule has 2 nitrogen and oxygen atoms in total. The van der Waals surface area contributed by atoms with Crippen molar-refractivity contribution in [1.29, 1.82) is 0 Å². The number of hydrogen-bond acceptors (Lipinski definition) is 2. The van der Waals surface area contributed by atoms with Gasteiger partial charge in [-0.15, -0.1) is 0 Å². The molecule has 0 aliphatic carbocycles. The van der Waals surface area contributed by atoms with E-state index in [1.807, 2.05) is 12.1 Å². The Kier molecular flexibility index (Phi) is 4.69. The summed E-state index contributed by atoms with van der Waals surface area (Å²) in [5.74, 6) is 0. The summed E-state index contributed by atoms with van der Waals surface area (Å²) in [4.78, 5) is 0. The van der Waals surface area contributed by atoms with Crippen LogP contribution in [-0.2, 0) is 11.2 Å². The zero-order valence-electron chi connectivity index (χ0n) is 9.93. The standard InChI is InChI=1S/C13H17Cl2NO/c1-2-6-16-12-8-17-7-5-9-10(14)3-4-11(15)13(9)12/h3-4,12,16H,2,5-8H2,1H3. The largest absolute Gasteiger partial charge is 0.379 e. The molecule has 1 aliphatic rings. The van der Waals surface area contributed by atoms with Crippen LogP contribution in [-0.4, -0.2) is 19.8 Å². The highest BCUT2D eigenvalue weighted by atomic mass is 35.5. The van der Waals surface area contributed by atoms with Gasteiger partial charge in [0, 0.05) is 10.0 Å². The number of ether oxygens (including phenoxy) is 1. The van der Waals surface area contributed by atoms with E-state index in [4.69, 9.17) is 27.9 Å². The van der Waals surface area contributed by atoms with E-state index >= 15 is 0 Å². The molecule has 1 heterocycles. The molecule has 0 amide bonds. The molecule has 0 fully saturated rings. The van der Waals surface area contributed by atoms with Crippen molar-refractivity contribution >= 4 is 23.2 Å². The summed E-state index contributed by atoms with van der Waals surface area (Å²) in [7, 11) is 0. The van der Waals surface area contributed by atoms with E-state index < -0.39 is 0 Å². The van der Waals surface area contributed by atoms with Crippen LogP contribution in [0, 0.1) is 0 Å². The lowest BCUT2D eigenvalue weighted by Crippen LogP contribution is -2.26. The summed E-state index contributed by atoms with van der Waals surface area (Å²) in [5, 5.41) is 5.04. The summed E-state index contributed by atoms with van der Waals surface area (Å²) in [6.45, 7) is 4.46. The highest BCUT2D eigenvalue weighted by molar-refractivity contribution is 6.34. The molecule has 94 valence electrons. The molecule has 0 spiro atoms. The van der Waals surface area contributed by atoms with Crippen molar-refractivity contribution in [3.63, 3.8) is 0 Å². The molecule has 1 aromatic carbocycles. The molecule has 0 saturated carbocycles. The van der Waals surface area contributed by atoms with Gasteiger partial charge in [0.05, 0.1) is 19.3 Å². The fourth-order valence-electron chi connectivity index (χ4n) is 2.18. The van der Waals surface area contributed by atoms with Gasteiger partial charge in [-0.3, -0.25) is 0 Å². The van der Waals surface area contributed by atoms with Crippen LogP contribution in [0.1, 0.15) is 30.5 Å². The third-order valence-electron chi connectivity index (χ3n) is 3.02. The van der Waals surface area contributed by atoms with E-state index in [1.165, 1.54) is 0 Å². The first kappa shape index (κ1) is 13.2. The molecule has 4 heteroatoms. The normalized spacial score (nSPS) is 19.8. The zero-order valence-corrected chi connectivity index (χ0v) is 11.4. The summed E-state index contributed by atoms with van der Waals surface area (Å²) >= 11 is 12.6. The highest BCUT2D eigenvalue weighted by Crippen LogP contribution is 2.34. The van der Waals surface area contributed by atoms with E-state index in [9.17, 15) is 0 Å². The predicted molar refractivity (Wildman–Crippen MR) is 72.0 cm³/mol. The molecule has 1 atom stereocenters. The van der Waals surface area contributed by atoms with Crippen LogP contribution in [0.15, 0.2) is 12.1 Å². The molecule has 0 bridgehead atoms. The maximum absolute atomic E-state index is 6.31. The van der Waals surface area contributed by atoms with Crippen molar-refractivity contribution in [1.82, 2.24) is 5.32 Å². The second-order valence-electron chi connectivity index (χ2n) is 4.25. The van der Waals surface area contributed by atoms with Gasteiger partial charge in [0.1, 0.15) is 0 Å². The van der Waals surface area contributed by atoms with Gasteiger partial charge in [-0.05, 0) is 42.6 Å². The maximum Gasteiger partial charge on any atom is 0.0662 e. The molecule has 0 radical (unpaired) electrons. The van der Waals surface area contributed by atoms with Crippen molar-refractivity contribution < 1.29 is 4.74 Å². The molecule has 2 rings (SSSR count). The Morgan fingerprint density at radius 1 is 1.35 bits per heavy atom. The summed E-state index contributed by atoms with van der Waals surface area (Å²) in [5.41, 5.74) is 2.25. The third-order valence-corrected chi connectivity index (χ3v) is 3.70. The lowest BCUT2D eigenvalue weighted by atomic mass is 9.99. The predicted octanol–water partition coefficient (Wildman–Crippen LogP) is 3.61. The van der Waals surface area contributed by atoms with Gasteiger partial charge in [0.2, 0.25) is 0 Å².